The van der Waals surface area contributed by atoms with Gasteiger partial charge >= 0.3 is 0 Å². The first-order chi connectivity index (χ1) is 22.8. The zero-order valence-electron chi connectivity index (χ0n) is 26.1. The van der Waals surface area contributed by atoms with E-state index in [1.54, 1.807) is 23.7 Å². The van der Waals surface area contributed by atoms with E-state index >= 15 is 0 Å². The van der Waals surface area contributed by atoms with Gasteiger partial charge in [0, 0.05) is 81.1 Å². The predicted octanol–water partition coefficient (Wildman–Crippen LogP) is 4.46. The summed E-state index contributed by atoms with van der Waals surface area (Å²) in [6.45, 7) is 3.85. The zero-order chi connectivity index (χ0) is 33.2. The normalized spacial score (nSPS) is 20.0. The molecule has 0 saturated carbocycles. The average molecular weight is 648 g/mol. The van der Waals surface area contributed by atoms with Gasteiger partial charge in [0.15, 0.2) is 6.29 Å². The third-order valence-electron chi connectivity index (χ3n) is 8.50. The molecule has 0 aliphatic carbocycles. The summed E-state index contributed by atoms with van der Waals surface area (Å²) in [6, 6.07) is 21.8. The number of carbonyl (C=O) groups excluding carboxylic acids is 2. The largest absolute Gasteiger partial charge is 0.392 e. The number of carbonyl (C=O) groups is 2. The number of ether oxygens (including phenoxy) is 2. The Morgan fingerprint density at radius 1 is 0.894 bits per heavy atom. The molecule has 47 heavy (non-hydrogen) atoms. The number of benzene rings is 3. The van der Waals surface area contributed by atoms with Crippen LogP contribution in [-0.4, -0.2) is 70.8 Å². The molecule has 4 N–H and O–H groups in total. The number of amides is 2. The first-order valence-corrected chi connectivity index (χ1v) is 15.9. The van der Waals surface area contributed by atoms with Gasteiger partial charge in [-0.25, -0.2) is 5.48 Å². The molecule has 2 aliphatic heterocycles. The number of nitrogens with zero attached hydrogens (tertiary/aromatic N) is 3. The molecule has 0 spiro atoms. The molecule has 5 rings (SSSR count). The number of non-ortho nitro benzene ring substituents is 1. The van der Waals surface area contributed by atoms with E-state index in [-0.39, 0.29) is 43.3 Å². The van der Waals surface area contributed by atoms with Crippen molar-refractivity contribution in [2.45, 2.75) is 57.2 Å². The van der Waals surface area contributed by atoms with Gasteiger partial charge < -0.3 is 24.8 Å². The average Bonchev–Trinajstić information content (AvgIpc) is 3.10. The molecular weight excluding hydrogens is 606 g/mol. The van der Waals surface area contributed by atoms with Gasteiger partial charge in [0.05, 0.1) is 23.7 Å². The Morgan fingerprint density at radius 2 is 1.60 bits per heavy atom. The van der Waals surface area contributed by atoms with Crippen LogP contribution < -0.4 is 15.7 Å². The second-order valence-electron chi connectivity index (χ2n) is 11.8. The molecule has 13 nitrogen and oxygen atoms in total. The Labute approximate surface area is 273 Å². The number of aliphatic hydroxyl groups excluding tert-OH is 1. The highest BCUT2D eigenvalue weighted by Crippen LogP contribution is 2.39. The van der Waals surface area contributed by atoms with Crippen LogP contribution in [0.25, 0.3) is 0 Å². The fourth-order valence-corrected chi connectivity index (χ4v) is 5.91. The van der Waals surface area contributed by atoms with Crippen LogP contribution in [0, 0.1) is 10.1 Å². The predicted molar refractivity (Wildman–Crippen MR) is 174 cm³/mol. The van der Waals surface area contributed by atoms with Crippen molar-refractivity contribution in [2.75, 3.05) is 42.9 Å². The number of aliphatic hydroxyl groups is 1. The molecule has 250 valence electrons. The first-order valence-electron chi connectivity index (χ1n) is 15.9. The van der Waals surface area contributed by atoms with Crippen LogP contribution in [-0.2, 0) is 25.7 Å². The van der Waals surface area contributed by atoms with Crippen molar-refractivity contribution in [3.8, 4) is 0 Å². The number of anilines is 2. The lowest BCUT2D eigenvalue weighted by molar-refractivity contribution is -0.384. The van der Waals surface area contributed by atoms with E-state index in [0.29, 0.717) is 31.5 Å². The molecule has 0 unspecified atom stereocenters. The van der Waals surface area contributed by atoms with Crippen molar-refractivity contribution >= 4 is 28.9 Å². The molecule has 3 atom stereocenters. The molecule has 3 aromatic carbocycles. The van der Waals surface area contributed by atoms with Crippen molar-refractivity contribution in [3.63, 3.8) is 0 Å². The number of hydrogen-bond acceptors (Lipinski definition) is 10. The van der Waals surface area contributed by atoms with Crippen molar-refractivity contribution in [1.82, 2.24) is 10.4 Å². The number of nitro benzene ring substituents is 1. The van der Waals surface area contributed by atoms with Gasteiger partial charge in [0.25, 0.3) is 5.69 Å². The summed E-state index contributed by atoms with van der Waals surface area (Å²) in [4.78, 5) is 39.0. The number of hydrogen-bond donors (Lipinski definition) is 4. The van der Waals surface area contributed by atoms with Crippen LogP contribution in [0.15, 0.2) is 72.8 Å². The summed E-state index contributed by atoms with van der Waals surface area (Å²) in [5.41, 5.74) is 5.82. The van der Waals surface area contributed by atoms with E-state index in [2.05, 4.69) is 15.1 Å². The summed E-state index contributed by atoms with van der Waals surface area (Å²) in [6.07, 6.45) is 0.959. The Hall–Kier alpha value is -4.40. The van der Waals surface area contributed by atoms with Crippen molar-refractivity contribution in [1.29, 1.82) is 0 Å². The number of nitrogens with one attached hydrogen (secondary N) is 2. The number of piperazine rings is 1. The van der Waals surface area contributed by atoms with Crippen molar-refractivity contribution < 1.29 is 34.3 Å². The van der Waals surface area contributed by atoms with Crippen molar-refractivity contribution in [3.05, 3.63) is 99.6 Å². The van der Waals surface area contributed by atoms with Crippen LogP contribution in [0.1, 0.15) is 61.2 Å². The topological polar surface area (TPSA) is 167 Å². The smallest absolute Gasteiger partial charge is 0.269 e. The van der Waals surface area contributed by atoms with Crippen LogP contribution >= 0.6 is 0 Å². The highest BCUT2D eigenvalue weighted by atomic mass is 16.7. The van der Waals surface area contributed by atoms with Gasteiger partial charge in [0.2, 0.25) is 11.8 Å². The molecule has 3 aromatic rings. The Kier molecular flexibility index (Phi) is 11.9. The number of hydroxylamine groups is 1. The van der Waals surface area contributed by atoms with E-state index in [0.717, 1.165) is 48.6 Å². The first kappa shape index (κ1) is 33.9. The Morgan fingerprint density at radius 3 is 2.26 bits per heavy atom. The Bertz CT molecular complexity index is 1500. The van der Waals surface area contributed by atoms with E-state index < -0.39 is 17.1 Å². The summed E-state index contributed by atoms with van der Waals surface area (Å²) >= 11 is 0. The zero-order valence-corrected chi connectivity index (χ0v) is 26.1. The minimum atomic E-state index is -0.675. The van der Waals surface area contributed by atoms with Gasteiger partial charge in [-0.3, -0.25) is 29.8 Å². The SMILES string of the molecule is O=C(CCCCC(=O)Nc1cccc([C@H]2O[C@@H](CN3CCN(c4ccc([N+](=O)[O-])cc4)CC3)C[C@@H](c3ccc(CO)cc3)O2)c1)NO. The third kappa shape index (κ3) is 9.56. The standard InChI is InChI=1S/C34H41N5O8/c40-23-24-8-10-25(11-9-24)31-21-30(22-37-16-18-38(19-17-37)28-12-14-29(15-13-28)39(44)45)46-34(47-31)26-4-3-5-27(20-26)35-32(41)6-1-2-7-33(42)36-43/h3-5,8-15,20,30-31,34,40,43H,1-2,6-7,16-19,21-23H2,(H,35,41)(H,36,42)/t30-,31+,34+/m1/s1. The highest BCUT2D eigenvalue weighted by Gasteiger charge is 2.34. The molecular formula is C34H41N5O8. The second-order valence-corrected chi connectivity index (χ2v) is 11.8. The van der Waals surface area contributed by atoms with Crippen LogP contribution in [0.5, 0.6) is 0 Å². The maximum atomic E-state index is 12.6. The molecule has 2 heterocycles. The van der Waals surface area contributed by atoms with E-state index in [4.69, 9.17) is 14.7 Å². The Balaban J connectivity index is 1.23. The van der Waals surface area contributed by atoms with Gasteiger partial charge in [-0.15, -0.1) is 0 Å². The number of nitro groups is 1. The summed E-state index contributed by atoms with van der Waals surface area (Å²) < 4.78 is 13.0. The second kappa shape index (κ2) is 16.4. The summed E-state index contributed by atoms with van der Waals surface area (Å²) in [7, 11) is 0. The van der Waals surface area contributed by atoms with Gasteiger partial charge in [-0.1, -0.05) is 36.4 Å². The summed E-state index contributed by atoms with van der Waals surface area (Å²) in [5, 5.41) is 32.1. The molecule has 0 radical (unpaired) electrons. The lowest BCUT2D eigenvalue weighted by Crippen LogP contribution is -2.49. The van der Waals surface area contributed by atoms with Crippen LogP contribution in [0.3, 0.4) is 0 Å². The van der Waals surface area contributed by atoms with Crippen molar-refractivity contribution in [2.24, 2.45) is 0 Å². The molecule has 13 heteroatoms. The quantitative estimate of drug-likeness (QED) is 0.0900. The third-order valence-corrected chi connectivity index (χ3v) is 8.50. The van der Waals surface area contributed by atoms with E-state index in [1.165, 1.54) is 12.1 Å². The molecule has 2 amide bonds. The summed E-state index contributed by atoms with van der Waals surface area (Å²) in [5.74, 6) is -0.652. The fourth-order valence-electron chi connectivity index (χ4n) is 5.91. The molecule has 2 aliphatic rings. The monoisotopic (exact) mass is 647 g/mol. The molecule has 2 fully saturated rings. The maximum absolute atomic E-state index is 12.6. The van der Waals surface area contributed by atoms with Crippen LogP contribution in [0.2, 0.25) is 0 Å². The number of rotatable bonds is 13. The fraction of sp³-hybridized carbons (Fsp3) is 0.412. The van der Waals surface area contributed by atoms with Crippen LogP contribution in [0.4, 0.5) is 17.1 Å². The molecule has 0 aromatic heterocycles. The number of unbranched alkanes of at least 4 members (excludes halogenated alkanes) is 1. The van der Waals surface area contributed by atoms with E-state index in [1.807, 2.05) is 42.5 Å². The van der Waals surface area contributed by atoms with Gasteiger partial charge in [0.1, 0.15) is 0 Å². The lowest BCUT2D eigenvalue weighted by atomic mass is 9.99. The minimum absolute atomic E-state index is 0.0392. The molecule has 0 bridgehead atoms. The minimum Gasteiger partial charge on any atom is -0.392 e. The maximum Gasteiger partial charge on any atom is 0.269 e. The molecule has 2 saturated heterocycles. The highest BCUT2D eigenvalue weighted by molar-refractivity contribution is 5.90. The lowest BCUT2D eigenvalue weighted by Gasteiger charge is -2.41. The van der Waals surface area contributed by atoms with Gasteiger partial charge in [-0.2, -0.15) is 0 Å². The van der Waals surface area contributed by atoms with Gasteiger partial charge in [-0.05, 0) is 48.2 Å². The van der Waals surface area contributed by atoms with E-state index in [9.17, 15) is 24.8 Å².